The number of anilines is 3. The first-order valence-electron chi connectivity index (χ1n) is 7.56. The molecule has 3 aromatic rings. The number of hydrogen-bond acceptors (Lipinski definition) is 4. The van der Waals surface area contributed by atoms with E-state index in [1.165, 1.54) is 0 Å². The minimum atomic E-state index is 0.642. The van der Waals surface area contributed by atoms with Gasteiger partial charge in [0.05, 0.1) is 0 Å². The van der Waals surface area contributed by atoms with Gasteiger partial charge in [-0.15, -0.1) is 6.58 Å². The van der Waals surface area contributed by atoms with Crippen LogP contribution in [0.15, 0.2) is 77.8 Å². The second-order valence-corrected chi connectivity index (χ2v) is 6.05. The maximum atomic E-state index is 4.63. The van der Waals surface area contributed by atoms with Crippen molar-refractivity contribution in [3.63, 3.8) is 0 Å². The predicted octanol–water partition coefficient (Wildman–Crippen LogP) is 5.25. The van der Waals surface area contributed by atoms with Crippen LogP contribution in [0.2, 0.25) is 0 Å². The molecule has 0 saturated carbocycles. The van der Waals surface area contributed by atoms with Crippen molar-refractivity contribution in [3.05, 3.63) is 77.8 Å². The summed E-state index contributed by atoms with van der Waals surface area (Å²) in [5.74, 6) is 2.16. The molecule has 2 N–H and O–H groups in total. The van der Waals surface area contributed by atoms with Gasteiger partial charge in [0.2, 0.25) is 0 Å². The third-order valence-corrected chi connectivity index (χ3v) is 3.83. The van der Waals surface area contributed by atoms with E-state index in [-0.39, 0.29) is 0 Å². The standard InChI is InChI=1S/C19H17BrN4/c1-2-12-21-17-13-18(22-16-10-8-15(20)9-11-16)24-19(23-17)14-6-4-3-5-7-14/h2-11,13H,1,12H2,(H2,21,22,23,24). The Morgan fingerprint density at radius 2 is 1.67 bits per heavy atom. The first-order chi connectivity index (χ1) is 11.7. The van der Waals surface area contributed by atoms with Gasteiger partial charge >= 0.3 is 0 Å². The topological polar surface area (TPSA) is 49.8 Å². The highest BCUT2D eigenvalue weighted by atomic mass is 79.9. The summed E-state index contributed by atoms with van der Waals surface area (Å²) < 4.78 is 1.04. The summed E-state index contributed by atoms with van der Waals surface area (Å²) in [5, 5.41) is 6.54. The van der Waals surface area contributed by atoms with Crippen LogP contribution in [0.25, 0.3) is 11.4 Å². The van der Waals surface area contributed by atoms with Gasteiger partial charge in [0.1, 0.15) is 11.6 Å². The lowest BCUT2D eigenvalue weighted by Crippen LogP contribution is -2.04. The average molecular weight is 381 g/mol. The smallest absolute Gasteiger partial charge is 0.163 e. The third-order valence-electron chi connectivity index (χ3n) is 3.30. The molecular formula is C19H17BrN4. The Morgan fingerprint density at radius 3 is 2.38 bits per heavy atom. The lowest BCUT2D eigenvalue weighted by Gasteiger charge is -2.11. The van der Waals surface area contributed by atoms with E-state index >= 15 is 0 Å². The number of hydrogen-bond donors (Lipinski definition) is 2. The van der Waals surface area contributed by atoms with Crippen molar-refractivity contribution < 1.29 is 0 Å². The Hall–Kier alpha value is -2.66. The van der Waals surface area contributed by atoms with Crippen LogP contribution in [0.1, 0.15) is 0 Å². The van der Waals surface area contributed by atoms with Crippen molar-refractivity contribution >= 4 is 33.3 Å². The highest BCUT2D eigenvalue weighted by molar-refractivity contribution is 9.10. The van der Waals surface area contributed by atoms with E-state index in [0.717, 1.165) is 27.4 Å². The highest BCUT2D eigenvalue weighted by Crippen LogP contribution is 2.23. The summed E-state index contributed by atoms with van der Waals surface area (Å²) in [6, 6.07) is 19.8. The van der Waals surface area contributed by atoms with E-state index in [4.69, 9.17) is 0 Å². The molecule has 0 aliphatic rings. The molecule has 0 amide bonds. The van der Waals surface area contributed by atoms with Crippen LogP contribution in [0.5, 0.6) is 0 Å². The van der Waals surface area contributed by atoms with E-state index in [1.54, 1.807) is 6.08 Å². The summed E-state index contributed by atoms with van der Waals surface area (Å²) in [6.07, 6.45) is 1.80. The minimum absolute atomic E-state index is 0.642. The number of rotatable bonds is 6. The van der Waals surface area contributed by atoms with Gasteiger partial charge in [-0.1, -0.05) is 52.3 Å². The Kier molecular flexibility index (Phi) is 5.23. The number of nitrogens with one attached hydrogen (secondary N) is 2. The number of benzene rings is 2. The lowest BCUT2D eigenvalue weighted by atomic mass is 10.2. The molecule has 0 aliphatic carbocycles. The molecule has 5 heteroatoms. The molecule has 0 saturated heterocycles. The Labute approximate surface area is 149 Å². The van der Waals surface area contributed by atoms with Gasteiger partial charge in [0.25, 0.3) is 0 Å². The maximum Gasteiger partial charge on any atom is 0.163 e. The SMILES string of the molecule is C=CCNc1cc(Nc2ccc(Br)cc2)nc(-c2ccccc2)n1. The van der Waals surface area contributed by atoms with Crippen LogP contribution >= 0.6 is 15.9 Å². The van der Waals surface area contributed by atoms with Crippen LogP contribution in [-0.2, 0) is 0 Å². The first kappa shape index (κ1) is 16.2. The first-order valence-corrected chi connectivity index (χ1v) is 8.36. The molecule has 2 aromatic carbocycles. The lowest BCUT2D eigenvalue weighted by molar-refractivity contribution is 1.15. The van der Waals surface area contributed by atoms with Crippen molar-refractivity contribution in [2.24, 2.45) is 0 Å². The van der Waals surface area contributed by atoms with Gasteiger partial charge in [-0.05, 0) is 24.3 Å². The maximum absolute atomic E-state index is 4.63. The molecule has 0 fully saturated rings. The molecule has 0 aliphatic heterocycles. The van der Waals surface area contributed by atoms with E-state index in [9.17, 15) is 0 Å². The zero-order chi connectivity index (χ0) is 16.8. The normalized spacial score (nSPS) is 10.2. The summed E-state index contributed by atoms with van der Waals surface area (Å²) in [5.41, 5.74) is 1.93. The Morgan fingerprint density at radius 1 is 0.958 bits per heavy atom. The molecule has 4 nitrogen and oxygen atoms in total. The molecule has 0 radical (unpaired) electrons. The summed E-state index contributed by atoms with van der Waals surface area (Å²) >= 11 is 3.44. The second kappa shape index (κ2) is 7.75. The zero-order valence-corrected chi connectivity index (χ0v) is 14.6. The van der Waals surface area contributed by atoms with Gasteiger partial charge in [-0.3, -0.25) is 0 Å². The number of aromatic nitrogens is 2. The predicted molar refractivity (Wildman–Crippen MR) is 104 cm³/mol. The fraction of sp³-hybridized carbons (Fsp3) is 0.0526. The highest BCUT2D eigenvalue weighted by Gasteiger charge is 2.07. The van der Waals surface area contributed by atoms with Gasteiger partial charge in [-0.25, -0.2) is 9.97 Å². The molecule has 0 atom stereocenters. The van der Waals surface area contributed by atoms with Crippen molar-refractivity contribution in [2.75, 3.05) is 17.2 Å². The van der Waals surface area contributed by atoms with Crippen LogP contribution < -0.4 is 10.6 Å². The van der Waals surface area contributed by atoms with Crippen molar-refractivity contribution in [2.45, 2.75) is 0 Å². The van der Waals surface area contributed by atoms with Gasteiger partial charge in [-0.2, -0.15) is 0 Å². The van der Waals surface area contributed by atoms with Crippen LogP contribution in [0.3, 0.4) is 0 Å². The number of nitrogens with zero attached hydrogens (tertiary/aromatic N) is 2. The molecular weight excluding hydrogens is 364 g/mol. The molecule has 24 heavy (non-hydrogen) atoms. The van der Waals surface area contributed by atoms with Crippen LogP contribution in [0, 0.1) is 0 Å². The van der Waals surface area contributed by atoms with E-state index < -0.39 is 0 Å². The number of halogens is 1. The second-order valence-electron chi connectivity index (χ2n) is 5.13. The average Bonchev–Trinajstić information content (AvgIpc) is 2.62. The summed E-state index contributed by atoms with van der Waals surface area (Å²) in [6.45, 7) is 4.37. The molecule has 0 bridgehead atoms. The summed E-state index contributed by atoms with van der Waals surface area (Å²) in [4.78, 5) is 9.21. The Bertz CT molecular complexity index is 817. The fourth-order valence-electron chi connectivity index (χ4n) is 2.18. The van der Waals surface area contributed by atoms with Crippen molar-refractivity contribution in [1.82, 2.24) is 9.97 Å². The van der Waals surface area contributed by atoms with E-state index in [2.05, 4.69) is 43.1 Å². The van der Waals surface area contributed by atoms with Crippen LogP contribution in [-0.4, -0.2) is 16.5 Å². The largest absolute Gasteiger partial charge is 0.366 e. The third kappa shape index (κ3) is 4.20. The van der Waals surface area contributed by atoms with E-state index in [1.807, 2.05) is 60.7 Å². The van der Waals surface area contributed by atoms with Gasteiger partial charge in [0.15, 0.2) is 5.82 Å². The van der Waals surface area contributed by atoms with Gasteiger partial charge < -0.3 is 10.6 Å². The molecule has 0 spiro atoms. The minimum Gasteiger partial charge on any atom is -0.366 e. The molecule has 1 aromatic heterocycles. The van der Waals surface area contributed by atoms with Gasteiger partial charge in [0, 0.05) is 28.3 Å². The Balaban J connectivity index is 1.94. The monoisotopic (exact) mass is 380 g/mol. The molecule has 3 rings (SSSR count). The molecule has 1 heterocycles. The quantitative estimate of drug-likeness (QED) is 0.573. The molecule has 120 valence electrons. The van der Waals surface area contributed by atoms with Crippen LogP contribution in [0.4, 0.5) is 17.3 Å². The van der Waals surface area contributed by atoms with E-state index in [0.29, 0.717) is 12.4 Å². The van der Waals surface area contributed by atoms with Crippen molar-refractivity contribution in [3.8, 4) is 11.4 Å². The van der Waals surface area contributed by atoms with Crippen molar-refractivity contribution in [1.29, 1.82) is 0 Å². The zero-order valence-electron chi connectivity index (χ0n) is 13.0. The molecule has 0 unspecified atom stereocenters. The summed E-state index contributed by atoms with van der Waals surface area (Å²) in [7, 11) is 0. The fourth-order valence-corrected chi connectivity index (χ4v) is 2.44.